The third kappa shape index (κ3) is 3.47. The summed E-state index contributed by atoms with van der Waals surface area (Å²) in [5.74, 6) is -0.0107. The van der Waals surface area contributed by atoms with Crippen molar-refractivity contribution >= 4 is 17.7 Å². The monoisotopic (exact) mass is 332 g/mol. The molecule has 2 aliphatic rings. The van der Waals surface area contributed by atoms with Crippen LogP contribution < -0.4 is 5.73 Å². The Kier molecular flexibility index (Phi) is 4.15. The van der Waals surface area contributed by atoms with E-state index in [1.54, 1.807) is 29.2 Å². The summed E-state index contributed by atoms with van der Waals surface area (Å²) in [6.07, 6.45) is 1.05. The summed E-state index contributed by atoms with van der Waals surface area (Å²) in [4.78, 5) is 26.3. The van der Waals surface area contributed by atoms with Crippen LogP contribution in [-0.4, -0.2) is 41.3 Å². The molecule has 1 amide bonds. The first-order valence-electron chi connectivity index (χ1n) is 8.29. The third-order valence-corrected chi connectivity index (χ3v) is 4.46. The first kappa shape index (κ1) is 16.6. The number of carbonyl (C=O) groups is 2. The summed E-state index contributed by atoms with van der Waals surface area (Å²) in [5, 5.41) is 0. The number of piperidine rings is 1. The number of benzene rings is 1. The number of hydrogen-bond donors (Lipinski definition) is 1. The zero-order chi connectivity index (χ0) is 17.5. The number of carbonyl (C=O) groups excluding carboxylic acids is 2. The van der Waals surface area contributed by atoms with E-state index < -0.39 is 5.60 Å². The van der Waals surface area contributed by atoms with Crippen LogP contribution in [0.3, 0.4) is 0 Å². The maximum absolute atomic E-state index is 12.3. The van der Waals surface area contributed by atoms with Crippen LogP contribution in [-0.2, 0) is 9.47 Å². The van der Waals surface area contributed by atoms with Crippen molar-refractivity contribution in [1.29, 1.82) is 0 Å². The van der Waals surface area contributed by atoms with Crippen LogP contribution in [0.5, 0.6) is 0 Å². The van der Waals surface area contributed by atoms with E-state index in [4.69, 9.17) is 15.2 Å². The Morgan fingerprint density at radius 1 is 1.17 bits per heavy atom. The Hall–Kier alpha value is -2.24. The van der Waals surface area contributed by atoms with Crippen molar-refractivity contribution in [2.24, 2.45) is 5.92 Å². The number of nitrogens with zero attached hydrogens (tertiary/aromatic N) is 1. The van der Waals surface area contributed by atoms with Crippen LogP contribution in [0.2, 0.25) is 0 Å². The number of hydrogen-bond acceptors (Lipinski definition) is 5. The zero-order valence-corrected chi connectivity index (χ0v) is 14.3. The highest BCUT2D eigenvalue weighted by Crippen LogP contribution is 2.40. The molecule has 1 aliphatic carbocycles. The lowest BCUT2D eigenvalue weighted by Gasteiger charge is -2.34. The first-order valence-corrected chi connectivity index (χ1v) is 8.29. The molecule has 0 spiro atoms. The fraction of sp³-hybridized carbons (Fsp3) is 0.556. The summed E-state index contributed by atoms with van der Waals surface area (Å²) < 4.78 is 11.1. The Labute approximate surface area is 141 Å². The third-order valence-electron chi connectivity index (χ3n) is 4.46. The molecule has 2 bridgehead atoms. The van der Waals surface area contributed by atoms with E-state index in [1.165, 1.54) is 0 Å². The topological polar surface area (TPSA) is 81.9 Å². The van der Waals surface area contributed by atoms with Crippen molar-refractivity contribution in [3.63, 3.8) is 0 Å². The lowest BCUT2D eigenvalue weighted by Crippen LogP contribution is -2.48. The van der Waals surface area contributed by atoms with E-state index in [-0.39, 0.29) is 24.2 Å². The Morgan fingerprint density at radius 2 is 1.83 bits per heavy atom. The van der Waals surface area contributed by atoms with E-state index >= 15 is 0 Å². The minimum Gasteiger partial charge on any atom is -0.457 e. The van der Waals surface area contributed by atoms with Gasteiger partial charge in [0.15, 0.2) is 0 Å². The molecule has 6 nitrogen and oxygen atoms in total. The molecule has 3 atom stereocenters. The number of nitrogen functional groups attached to an aromatic ring is 1. The minimum absolute atomic E-state index is 0.0948. The molecule has 130 valence electrons. The molecule has 2 fully saturated rings. The van der Waals surface area contributed by atoms with Gasteiger partial charge in [0, 0.05) is 12.2 Å². The number of amides is 1. The molecular weight excluding hydrogens is 308 g/mol. The molecule has 0 radical (unpaired) electrons. The molecule has 1 aliphatic heterocycles. The molecule has 24 heavy (non-hydrogen) atoms. The van der Waals surface area contributed by atoms with E-state index in [0.29, 0.717) is 23.7 Å². The number of likely N-dealkylation sites (tertiary alicyclic amines) is 1. The Balaban J connectivity index is 1.64. The second kappa shape index (κ2) is 6.00. The minimum atomic E-state index is -0.533. The van der Waals surface area contributed by atoms with Crippen molar-refractivity contribution < 1.29 is 19.1 Å². The summed E-state index contributed by atoms with van der Waals surface area (Å²) >= 11 is 0. The van der Waals surface area contributed by atoms with Crippen LogP contribution in [0.15, 0.2) is 24.3 Å². The molecule has 1 saturated carbocycles. The van der Waals surface area contributed by atoms with Crippen molar-refractivity contribution in [3.8, 4) is 0 Å². The normalized spacial score (nSPS) is 25.6. The van der Waals surface area contributed by atoms with Gasteiger partial charge >= 0.3 is 12.1 Å². The molecular formula is C18H24N2O4. The number of anilines is 1. The van der Waals surface area contributed by atoms with Gasteiger partial charge in [-0.3, -0.25) is 0 Å². The fourth-order valence-electron chi connectivity index (χ4n) is 3.45. The molecule has 2 N–H and O–H groups in total. The first-order chi connectivity index (χ1) is 11.2. The number of nitrogens with two attached hydrogens (primary N) is 1. The van der Waals surface area contributed by atoms with Crippen molar-refractivity contribution in [3.05, 3.63) is 29.8 Å². The number of rotatable bonds is 2. The van der Waals surface area contributed by atoms with Crippen molar-refractivity contribution in [2.45, 2.75) is 51.4 Å². The summed E-state index contributed by atoms with van der Waals surface area (Å²) in [6, 6.07) is 6.55. The predicted octanol–water partition coefficient (Wildman–Crippen LogP) is 2.82. The van der Waals surface area contributed by atoms with Crippen LogP contribution in [0.25, 0.3) is 0 Å². The highest BCUT2D eigenvalue weighted by molar-refractivity contribution is 5.90. The van der Waals surface area contributed by atoms with Crippen LogP contribution in [0.1, 0.15) is 44.0 Å². The average molecular weight is 332 g/mol. The van der Waals surface area contributed by atoms with Gasteiger partial charge in [-0.2, -0.15) is 0 Å². The molecule has 1 heterocycles. The van der Waals surface area contributed by atoms with Gasteiger partial charge < -0.3 is 20.1 Å². The van der Waals surface area contributed by atoms with Gasteiger partial charge in [0.25, 0.3) is 0 Å². The molecule has 1 aromatic carbocycles. The Bertz CT molecular complexity index is 635. The van der Waals surface area contributed by atoms with Gasteiger partial charge in [-0.25, -0.2) is 9.59 Å². The van der Waals surface area contributed by atoms with Gasteiger partial charge in [-0.05, 0) is 63.8 Å². The summed E-state index contributed by atoms with van der Waals surface area (Å²) in [6.45, 7) is 6.21. The second-order valence-corrected chi connectivity index (χ2v) is 7.60. The Morgan fingerprint density at radius 3 is 2.42 bits per heavy atom. The maximum atomic E-state index is 12.3. The van der Waals surface area contributed by atoms with Crippen molar-refractivity contribution in [1.82, 2.24) is 4.90 Å². The van der Waals surface area contributed by atoms with E-state index in [1.807, 2.05) is 20.8 Å². The van der Waals surface area contributed by atoms with Crippen LogP contribution in [0.4, 0.5) is 10.5 Å². The number of esters is 1. The highest BCUT2D eigenvalue weighted by atomic mass is 16.6. The molecule has 1 saturated heterocycles. The lowest BCUT2D eigenvalue weighted by molar-refractivity contribution is -0.0173. The molecule has 3 rings (SSSR count). The standard InChI is InChI=1S/C18H24N2O4/c1-18(2,3)24-17(22)20-10-11-8-14(20)15(9-11)23-16(21)12-4-6-13(19)7-5-12/h4-7,11,14-15H,8-10,19H2,1-3H3. The lowest BCUT2D eigenvalue weighted by atomic mass is 10.1. The largest absolute Gasteiger partial charge is 0.457 e. The quantitative estimate of drug-likeness (QED) is 0.665. The second-order valence-electron chi connectivity index (χ2n) is 7.60. The fourth-order valence-corrected chi connectivity index (χ4v) is 3.45. The smallest absolute Gasteiger partial charge is 0.410 e. The van der Waals surface area contributed by atoms with Gasteiger partial charge in [0.2, 0.25) is 0 Å². The van der Waals surface area contributed by atoms with Gasteiger partial charge in [-0.15, -0.1) is 0 Å². The van der Waals surface area contributed by atoms with Gasteiger partial charge in [-0.1, -0.05) is 0 Å². The molecule has 6 heteroatoms. The maximum Gasteiger partial charge on any atom is 0.410 e. The summed E-state index contributed by atoms with van der Waals surface area (Å²) in [5.41, 5.74) is 6.17. The number of fused-ring (bicyclic) bond motifs is 2. The molecule has 3 unspecified atom stereocenters. The van der Waals surface area contributed by atoms with E-state index in [0.717, 1.165) is 12.8 Å². The van der Waals surface area contributed by atoms with E-state index in [2.05, 4.69) is 0 Å². The highest BCUT2D eigenvalue weighted by Gasteiger charge is 2.49. The molecule has 0 aromatic heterocycles. The SMILES string of the molecule is CC(C)(C)OC(=O)N1CC2CC(OC(=O)c3ccc(N)cc3)C1C2. The van der Waals surface area contributed by atoms with Crippen LogP contribution >= 0.6 is 0 Å². The van der Waals surface area contributed by atoms with Crippen molar-refractivity contribution in [2.75, 3.05) is 12.3 Å². The molecule has 1 aromatic rings. The summed E-state index contributed by atoms with van der Waals surface area (Å²) in [7, 11) is 0. The van der Waals surface area contributed by atoms with Gasteiger partial charge in [0.1, 0.15) is 11.7 Å². The van der Waals surface area contributed by atoms with Crippen LogP contribution in [0, 0.1) is 5.92 Å². The average Bonchev–Trinajstić information content (AvgIpc) is 3.06. The van der Waals surface area contributed by atoms with Gasteiger partial charge in [0.05, 0.1) is 11.6 Å². The predicted molar refractivity (Wildman–Crippen MR) is 89.5 cm³/mol. The van der Waals surface area contributed by atoms with E-state index in [9.17, 15) is 9.59 Å². The zero-order valence-electron chi connectivity index (χ0n) is 14.3. The number of ether oxygens (including phenoxy) is 2.